The van der Waals surface area contributed by atoms with Gasteiger partial charge in [-0.2, -0.15) is 0 Å². The van der Waals surface area contributed by atoms with Crippen molar-refractivity contribution in [2.45, 2.75) is 71.5 Å². The van der Waals surface area contributed by atoms with E-state index < -0.39 is 0 Å². The van der Waals surface area contributed by atoms with Crippen LogP contribution in [-0.2, 0) is 19.6 Å². The molecule has 0 radical (unpaired) electrons. The van der Waals surface area contributed by atoms with E-state index in [0.717, 1.165) is 24.1 Å². The molecule has 0 spiro atoms. The lowest BCUT2D eigenvalue weighted by atomic mass is 10.0. The fraction of sp³-hybridized carbons (Fsp3) is 0.375. The van der Waals surface area contributed by atoms with E-state index in [9.17, 15) is 0 Å². The number of allylic oxidation sites excluding steroid dienone is 2. The highest BCUT2D eigenvalue weighted by molar-refractivity contribution is 5.17. The van der Waals surface area contributed by atoms with Crippen LogP contribution in [0.5, 0.6) is 0 Å². The van der Waals surface area contributed by atoms with Gasteiger partial charge >= 0.3 is 0 Å². The Morgan fingerprint density at radius 3 is 1.33 bits per heavy atom. The van der Waals surface area contributed by atoms with E-state index in [1.165, 1.54) is 68.2 Å². The van der Waals surface area contributed by atoms with Gasteiger partial charge in [0.1, 0.15) is 19.6 Å². The average molecular weight is 441 g/mol. The van der Waals surface area contributed by atoms with Crippen LogP contribution in [0.4, 0.5) is 0 Å². The molecule has 0 aliphatic rings. The second-order valence-electron chi connectivity index (χ2n) is 9.48. The Balaban J connectivity index is 1.70. The van der Waals surface area contributed by atoms with Crippen LogP contribution in [-0.4, -0.2) is 11.0 Å². The maximum absolute atomic E-state index is 2.30. The van der Waals surface area contributed by atoms with Gasteiger partial charge in [-0.25, -0.2) is 0 Å². The van der Waals surface area contributed by atoms with Crippen LogP contribution < -0.4 is 0 Å². The zero-order valence-corrected chi connectivity index (χ0v) is 20.5. The molecule has 1 heteroatoms. The van der Waals surface area contributed by atoms with Crippen molar-refractivity contribution >= 4 is 0 Å². The van der Waals surface area contributed by atoms with Crippen molar-refractivity contribution in [2.24, 2.45) is 0 Å². The molecule has 0 atom stereocenters. The molecule has 0 aromatic heterocycles. The average Bonchev–Trinajstić information content (AvgIpc) is 2.85. The smallest absolute Gasteiger partial charge is 0.105 e. The van der Waals surface area contributed by atoms with Crippen molar-refractivity contribution in [3.05, 3.63) is 120 Å². The molecule has 174 valence electrons. The number of quaternary nitrogens is 1. The van der Waals surface area contributed by atoms with Crippen molar-refractivity contribution in [1.82, 2.24) is 0 Å². The monoisotopic (exact) mass is 440 g/mol. The Hall–Kier alpha value is -2.64. The Bertz CT molecular complexity index is 798. The highest BCUT2D eigenvalue weighted by Crippen LogP contribution is 2.26. The molecule has 3 aromatic rings. The minimum Gasteiger partial charge on any atom is -0.312 e. The molecule has 0 unspecified atom stereocenters. The number of unbranched alkanes of at least 4 members (excludes halogenated alkanes) is 6. The molecule has 0 aliphatic carbocycles. The van der Waals surface area contributed by atoms with Gasteiger partial charge < -0.3 is 4.48 Å². The highest BCUT2D eigenvalue weighted by Gasteiger charge is 2.28. The van der Waals surface area contributed by atoms with Gasteiger partial charge in [-0.15, -0.1) is 0 Å². The fourth-order valence-electron chi connectivity index (χ4n) is 4.90. The van der Waals surface area contributed by atoms with Crippen molar-refractivity contribution in [3.8, 4) is 0 Å². The predicted octanol–water partition coefficient (Wildman–Crippen LogP) is 8.71. The van der Waals surface area contributed by atoms with E-state index in [2.05, 4.69) is 110 Å². The third-order valence-corrected chi connectivity index (χ3v) is 6.57. The molecule has 1 nitrogen and oxygen atoms in total. The predicted molar refractivity (Wildman–Crippen MR) is 143 cm³/mol. The summed E-state index contributed by atoms with van der Waals surface area (Å²) in [7, 11) is 0. The lowest BCUT2D eigenvalue weighted by Crippen LogP contribution is -2.46. The Kier molecular flexibility index (Phi) is 11.0. The zero-order chi connectivity index (χ0) is 23.0. The summed E-state index contributed by atoms with van der Waals surface area (Å²) >= 11 is 0. The molecule has 0 saturated carbocycles. The molecule has 0 aliphatic heterocycles. The van der Waals surface area contributed by atoms with Gasteiger partial charge in [-0.1, -0.05) is 122 Å². The summed E-state index contributed by atoms with van der Waals surface area (Å²) in [6.07, 6.45) is 13.8. The second kappa shape index (κ2) is 14.5. The van der Waals surface area contributed by atoms with Gasteiger partial charge in [-0.3, -0.25) is 0 Å². The van der Waals surface area contributed by atoms with Crippen LogP contribution in [0.25, 0.3) is 0 Å². The first kappa shape index (κ1) is 25.0. The van der Waals surface area contributed by atoms with Gasteiger partial charge in [0, 0.05) is 16.7 Å². The molecule has 3 rings (SSSR count). The molecule has 0 heterocycles. The molecule has 0 fully saturated rings. The largest absolute Gasteiger partial charge is 0.312 e. The first-order valence-corrected chi connectivity index (χ1v) is 12.9. The maximum atomic E-state index is 2.30. The molecule has 3 aromatic carbocycles. The molecule has 0 bridgehead atoms. The van der Waals surface area contributed by atoms with E-state index in [0.29, 0.717) is 0 Å². The SMILES string of the molecule is C/C=C/CCCCCCCC[N+](Cc1ccccc1)(Cc1ccccc1)Cc1ccccc1. The summed E-state index contributed by atoms with van der Waals surface area (Å²) in [4.78, 5) is 0. The van der Waals surface area contributed by atoms with Gasteiger partial charge in [-0.05, 0) is 32.6 Å². The summed E-state index contributed by atoms with van der Waals surface area (Å²) in [5.74, 6) is 0. The molecule has 0 N–H and O–H groups in total. The van der Waals surface area contributed by atoms with Crippen molar-refractivity contribution in [1.29, 1.82) is 0 Å². The van der Waals surface area contributed by atoms with E-state index in [1.807, 2.05) is 0 Å². The summed E-state index contributed by atoms with van der Waals surface area (Å²) < 4.78 is 1.08. The summed E-state index contributed by atoms with van der Waals surface area (Å²) in [5, 5.41) is 0. The van der Waals surface area contributed by atoms with Crippen LogP contribution in [0.2, 0.25) is 0 Å². The van der Waals surface area contributed by atoms with E-state index >= 15 is 0 Å². The van der Waals surface area contributed by atoms with Gasteiger partial charge in [0.15, 0.2) is 0 Å². The van der Waals surface area contributed by atoms with Crippen LogP contribution in [0.15, 0.2) is 103 Å². The number of hydrogen-bond acceptors (Lipinski definition) is 0. The van der Waals surface area contributed by atoms with Crippen molar-refractivity contribution in [2.75, 3.05) is 6.54 Å². The number of benzene rings is 3. The van der Waals surface area contributed by atoms with E-state index in [4.69, 9.17) is 0 Å². The minimum atomic E-state index is 1.08. The lowest BCUT2D eigenvalue weighted by Gasteiger charge is -2.39. The van der Waals surface area contributed by atoms with Gasteiger partial charge in [0.25, 0.3) is 0 Å². The van der Waals surface area contributed by atoms with Gasteiger partial charge in [0.2, 0.25) is 0 Å². The number of nitrogens with zero attached hydrogens (tertiary/aromatic N) is 1. The Morgan fingerprint density at radius 1 is 0.515 bits per heavy atom. The summed E-state index contributed by atoms with van der Waals surface area (Å²) in [6.45, 7) is 6.57. The molecular formula is C32H42N+. The van der Waals surface area contributed by atoms with Crippen molar-refractivity contribution in [3.63, 3.8) is 0 Å². The highest BCUT2D eigenvalue weighted by atomic mass is 15.3. The van der Waals surface area contributed by atoms with Crippen molar-refractivity contribution < 1.29 is 4.48 Å². The van der Waals surface area contributed by atoms with Crippen LogP contribution in [0.3, 0.4) is 0 Å². The number of hydrogen-bond donors (Lipinski definition) is 0. The van der Waals surface area contributed by atoms with Crippen LogP contribution >= 0.6 is 0 Å². The fourth-order valence-corrected chi connectivity index (χ4v) is 4.90. The molecule has 33 heavy (non-hydrogen) atoms. The third-order valence-electron chi connectivity index (χ3n) is 6.57. The molecule has 0 saturated heterocycles. The molecule has 0 amide bonds. The van der Waals surface area contributed by atoms with E-state index in [-0.39, 0.29) is 0 Å². The normalized spacial score (nSPS) is 11.8. The maximum Gasteiger partial charge on any atom is 0.105 e. The Morgan fingerprint density at radius 2 is 0.909 bits per heavy atom. The topological polar surface area (TPSA) is 0 Å². The van der Waals surface area contributed by atoms with Gasteiger partial charge in [0.05, 0.1) is 6.54 Å². The third kappa shape index (κ3) is 9.40. The minimum absolute atomic E-state index is 1.08. The quantitative estimate of drug-likeness (QED) is 0.126. The van der Waals surface area contributed by atoms with Crippen LogP contribution in [0.1, 0.15) is 68.6 Å². The Labute approximate surface area is 202 Å². The second-order valence-corrected chi connectivity index (χ2v) is 9.48. The first-order chi connectivity index (χ1) is 16.3. The summed E-state index contributed by atoms with van der Waals surface area (Å²) in [6, 6.07) is 33.3. The number of rotatable bonds is 15. The van der Waals surface area contributed by atoms with E-state index in [1.54, 1.807) is 0 Å². The first-order valence-electron chi connectivity index (χ1n) is 12.9. The zero-order valence-electron chi connectivity index (χ0n) is 20.5. The standard InChI is InChI=1S/C32H42N/c1-2-3-4-5-6-7-8-9-19-26-33(27-30-20-13-10-14-21-30,28-31-22-15-11-16-23-31)29-32-24-17-12-18-25-32/h2-3,10-18,20-25H,4-9,19,26-29H2,1H3/q+1/b3-2+. The van der Waals surface area contributed by atoms with Crippen LogP contribution in [0, 0.1) is 0 Å². The summed E-state index contributed by atoms with van der Waals surface area (Å²) in [5.41, 5.74) is 4.31. The lowest BCUT2D eigenvalue weighted by molar-refractivity contribution is -0.966. The molecular weight excluding hydrogens is 398 g/mol.